The van der Waals surface area contributed by atoms with E-state index in [9.17, 15) is 13.2 Å². The van der Waals surface area contributed by atoms with E-state index in [1.54, 1.807) is 0 Å². The summed E-state index contributed by atoms with van der Waals surface area (Å²) in [6.45, 7) is 1.18. The molecule has 1 aromatic rings. The highest BCUT2D eigenvalue weighted by Gasteiger charge is 2.32. The van der Waals surface area contributed by atoms with Crippen molar-refractivity contribution in [1.29, 1.82) is 0 Å². The van der Waals surface area contributed by atoms with Crippen LogP contribution in [0.5, 0.6) is 0 Å². The molecule has 2 N–H and O–H groups in total. The summed E-state index contributed by atoms with van der Waals surface area (Å²) in [5.74, 6) is 0. The summed E-state index contributed by atoms with van der Waals surface area (Å²) in [7, 11) is 0. The van der Waals surface area contributed by atoms with Gasteiger partial charge in [-0.05, 0) is 18.6 Å². The van der Waals surface area contributed by atoms with Crippen LogP contribution in [0.25, 0.3) is 0 Å². The van der Waals surface area contributed by atoms with Crippen molar-refractivity contribution in [3.8, 4) is 0 Å². The van der Waals surface area contributed by atoms with Gasteiger partial charge in [0, 0.05) is 25.0 Å². The number of aliphatic hydroxyl groups excluding tert-OH is 1. The largest absolute Gasteiger partial charge is 0.433 e. The molecule has 4 nitrogen and oxygen atoms in total. The van der Waals surface area contributed by atoms with Crippen LogP contribution in [-0.2, 0) is 10.9 Å². The topological polar surface area (TPSA) is 54.4 Å². The van der Waals surface area contributed by atoms with Gasteiger partial charge in [0.25, 0.3) is 0 Å². The minimum atomic E-state index is -4.43. The van der Waals surface area contributed by atoms with Crippen molar-refractivity contribution < 1.29 is 23.0 Å². The third-order valence-electron chi connectivity index (χ3n) is 2.08. The molecule has 18 heavy (non-hydrogen) atoms. The lowest BCUT2D eigenvalue weighted by Crippen LogP contribution is -2.10. The predicted molar refractivity (Wildman–Crippen MR) is 60.3 cm³/mol. The summed E-state index contributed by atoms with van der Waals surface area (Å²) in [5, 5.41) is 11.3. The average molecular weight is 264 g/mol. The lowest BCUT2D eigenvalue weighted by Gasteiger charge is -2.09. The van der Waals surface area contributed by atoms with Crippen LogP contribution < -0.4 is 5.32 Å². The van der Waals surface area contributed by atoms with E-state index >= 15 is 0 Å². The number of aromatic nitrogens is 1. The zero-order valence-electron chi connectivity index (χ0n) is 9.70. The molecule has 7 heteroatoms. The molecule has 1 aromatic heterocycles. The molecule has 0 bridgehead atoms. The van der Waals surface area contributed by atoms with Gasteiger partial charge >= 0.3 is 6.18 Å². The van der Waals surface area contributed by atoms with Crippen LogP contribution in [-0.4, -0.2) is 36.5 Å². The SMILES string of the molecule is OCCOCCCNc1ccnc(C(F)(F)F)c1. The van der Waals surface area contributed by atoms with Crippen molar-refractivity contribution in [3.05, 3.63) is 24.0 Å². The number of hydrogen-bond donors (Lipinski definition) is 2. The van der Waals surface area contributed by atoms with Gasteiger partial charge in [0.2, 0.25) is 0 Å². The highest BCUT2D eigenvalue weighted by atomic mass is 19.4. The molecule has 0 atom stereocenters. The number of ether oxygens (including phenoxy) is 1. The quantitative estimate of drug-likeness (QED) is 0.739. The Balaban J connectivity index is 2.34. The Kier molecular flexibility index (Phi) is 5.87. The van der Waals surface area contributed by atoms with Gasteiger partial charge in [0.05, 0.1) is 13.2 Å². The molecule has 0 spiro atoms. The van der Waals surface area contributed by atoms with Crippen LogP contribution >= 0.6 is 0 Å². The molecule has 0 amide bonds. The summed E-state index contributed by atoms with van der Waals surface area (Å²) in [6.07, 6.45) is -2.67. The Hall–Kier alpha value is -1.34. The van der Waals surface area contributed by atoms with Gasteiger partial charge in [-0.3, -0.25) is 4.98 Å². The number of halogens is 3. The van der Waals surface area contributed by atoms with E-state index in [-0.39, 0.29) is 13.2 Å². The maximum Gasteiger partial charge on any atom is 0.433 e. The normalized spacial score (nSPS) is 11.6. The number of pyridine rings is 1. The number of nitrogens with one attached hydrogen (secondary N) is 1. The fourth-order valence-electron chi connectivity index (χ4n) is 1.27. The van der Waals surface area contributed by atoms with Gasteiger partial charge in [-0.2, -0.15) is 13.2 Å². The van der Waals surface area contributed by atoms with E-state index in [4.69, 9.17) is 9.84 Å². The third kappa shape index (κ3) is 5.33. The summed E-state index contributed by atoms with van der Waals surface area (Å²) < 4.78 is 42.1. The Morgan fingerprint density at radius 2 is 2.11 bits per heavy atom. The maximum atomic E-state index is 12.4. The van der Waals surface area contributed by atoms with E-state index in [2.05, 4.69) is 10.3 Å². The first-order valence-electron chi connectivity index (χ1n) is 5.50. The summed E-state index contributed by atoms with van der Waals surface area (Å²) in [4.78, 5) is 3.26. The fourth-order valence-corrected chi connectivity index (χ4v) is 1.27. The monoisotopic (exact) mass is 264 g/mol. The van der Waals surface area contributed by atoms with Crippen molar-refractivity contribution in [1.82, 2.24) is 4.98 Å². The van der Waals surface area contributed by atoms with E-state index < -0.39 is 11.9 Å². The molecule has 0 saturated heterocycles. The third-order valence-corrected chi connectivity index (χ3v) is 2.08. The Bertz CT molecular complexity index is 358. The lowest BCUT2D eigenvalue weighted by atomic mass is 10.3. The first kappa shape index (κ1) is 14.7. The first-order chi connectivity index (χ1) is 8.54. The van der Waals surface area contributed by atoms with Crippen LogP contribution in [0, 0.1) is 0 Å². The number of alkyl halides is 3. The number of rotatable bonds is 7. The molecular formula is C11H15F3N2O2. The Morgan fingerprint density at radius 1 is 1.33 bits per heavy atom. The Labute approximate surface area is 103 Å². The Morgan fingerprint density at radius 3 is 2.78 bits per heavy atom. The van der Waals surface area contributed by atoms with Gasteiger partial charge in [0.1, 0.15) is 5.69 Å². The fraction of sp³-hybridized carbons (Fsp3) is 0.545. The molecule has 0 aromatic carbocycles. The van der Waals surface area contributed by atoms with Gasteiger partial charge in [-0.1, -0.05) is 0 Å². The molecule has 0 saturated carbocycles. The average Bonchev–Trinajstić information content (AvgIpc) is 2.33. The first-order valence-corrected chi connectivity index (χ1v) is 5.50. The van der Waals surface area contributed by atoms with Crippen molar-refractivity contribution in [3.63, 3.8) is 0 Å². The van der Waals surface area contributed by atoms with Crippen LogP contribution in [0.15, 0.2) is 18.3 Å². The van der Waals surface area contributed by atoms with Crippen molar-refractivity contribution in [2.75, 3.05) is 31.7 Å². The van der Waals surface area contributed by atoms with E-state index in [0.717, 1.165) is 12.3 Å². The summed E-state index contributed by atoms with van der Waals surface area (Å²) in [5.41, 5.74) is -0.538. The van der Waals surface area contributed by atoms with Crippen molar-refractivity contribution in [2.24, 2.45) is 0 Å². The summed E-state index contributed by atoms with van der Waals surface area (Å²) >= 11 is 0. The lowest BCUT2D eigenvalue weighted by molar-refractivity contribution is -0.141. The van der Waals surface area contributed by atoms with E-state index in [1.165, 1.54) is 6.07 Å². The van der Waals surface area contributed by atoms with Crippen molar-refractivity contribution in [2.45, 2.75) is 12.6 Å². The molecule has 1 rings (SSSR count). The molecule has 0 radical (unpaired) electrons. The second kappa shape index (κ2) is 7.17. The van der Waals surface area contributed by atoms with Gasteiger partial charge in [-0.15, -0.1) is 0 Å². The second-order valence-corrected chi connectivity index (χ2v) is 3.54. The molecule has 102 valence electrons. The van der Waals surface area contributed by atoms with E-state index in [0.29, 0.717) is 25.3 Å². The van der Waals surface area contributed by atoms with Gasteiger partial charge in [-0.25, -0.2) is 0 Å². The maximum absolute atomic E-state index is 12.4. The zero-order chi connectivity index (χ0) is 13.4. The molecular weight excluding hydrogens is 249 g/mol. The number of nitrogens with zero attached hydrogens (tertiary/aromatic N) is 1. The van der Waals surface area contributed by atoms with Crippen molar-refractivity contribution >= 4 is 5.69 Å². The van der Waals surface area contributed by atoms with Gasteiger partial charge < -0.3 is 15.2 Å². The standard InChI is InChI=1S/C11H15F3N2O2/c12-11(13,14)10-8-9(2-4-16-10)15-3-1-6-18-7-5-17/h2,4,8,17H,1,3,5-7H2,(H,15,16). The minimum Gasteiger partial charge on any atom is -0.394 e. The van der Waals surface area contributed by atoms with Crippen LogP contribution in [0.2, 0.25) is 0 Å². The van der Waals surface area contributed by atoms with Crippen LogP contribution in [0.4, 0.5) is 18.9 Å². The number of aliphatic hydroxyl groups is 1. The highest BCUT2D eigenvalue weighted by molar-refractivity contribution is 5.43. The molecule has 0 unspecified atom stereocenters. The smallest absolute Gasteiger partial charge is 0.394 e. The molecule has 0 aliphatic heterocycles. The van der Waals surface area contributed by atoms with Crippen LogP contribution in [0.1, 0.15) is 12.1 Å². The highest BCUT2D eigenvalue weighted by Crippen LogP contribution is 2.28. The number of anilines is 1. The molecule has 0 aliphatic rings. The van der Waals surface area contributed by atoms with Crippen LogP contribution in [0.3, 0.4) is 0 Å². The minimum absolute atomic E-state index is 0.0350. The summed E-state index contributed by atoms with van der Waals surface area (Å²) in [6, 6.07) is 2.44. The molecule has 1 heterocycles. The predicted octanol–water partition coefficient (Wildman–Crippen LogP) is 1.91. The zero-order valence-corrected chi connectivity index (χ0v) is 9.70. The molecule has 0 fully saturated rings. The van der Waals surface area contributed by atoms with Gasteiger partial charge in [0.15, 0.2) is 0 Å². The second-order valence-electron chi connectivity index (χ2n) is 3.54. The van der Waals surface area contributed by atoms with E-state index in [1.807, 2.05) is 0 Å². The number of hydrogen-bond acceptors (Lipinski definition) is 4. The molecule has 0 aliphatic carbocycles.